The summed E-state index contributed by atoms with van der Waals surface area (Å²) in [5.41, 5.74) is 2.51. The number of amides is 1. The number of hydrogen-bond donors (Lipinski definition) is 0. The number of carbonyl (C=O) groups excluding carboxylic acids is 1. The molecule has 1 amide bonds. The van der Waals surface area contributed by atoms with E-state index in [2.05, 4.69) is 4.99 Å². The van der Waals surface area contributed by atoms with E-state index in [4.69, 9.17) is 0 Å². The molecule has 2 aromatic rings. The molecule has 0 spiro atoms. The first-order valence-electron chi connectivity index (χ1n) is 9.51. The molecule has 0 aromatic heterocycles. The first-order valence-corrected chi connectivity index (χ1v) is 12.2. The second-order valence-corrected chi connectivity index (χ2v) is 11.0. The van der Waals surface area contributed by atoms with E-state index in [1.54, 1.807) is 12.1 Å². The maximum atomic E-state index is 13.1. The fraction of sp³-hybridized carbons (Fsp3) is 0.333. The second kappa shape index (κ2) is 8.03. The average molecular weight is 448 g/mol. The highest BCUT2D eigenvalue weighted by Gasteiger charge is 2.49. The fourth-order valence-corrected chi connectivity index (χ4v) is 7.63. The van der Waals surface area contributed by atoms with Gasteiger partial charge in [-0.1, -0.05) is 23.9 Å². The van der Waals surface area contributed by atoms with Crippen molar-refractivity contribution in [3.8, 4) is 0 Å². The Morgan fingerprint density at radius 1 is 1.13 bits per heavy atom. The molecule has 0 saturated carbocycles. The van der Waals surface area contributed by atoms with Crippen LogP contribution in [-0.4, -0.2) is 56.4 Å². The molecule has 9 heteroatoms. The molecule has 2 fully saturated rings. The number of anilines is 2. The van der Waals surface area contributed by atoms with Crippen LogP contribution in [0, 0.1) is 5.82 Å². The molecule has 0 unspecified atom stereocenters. The van der Waals surface area contributed by atoms with E-state index >= 15 is 0 Å². The van der Waals surface area contributed by atoms with Crippen molar-refractivity contribution in [2.24, 2.45) is 4.99 Å². The van der Waals surface area contributed by atoms with Gasteiger partial charge in [0.2, 0.25) is 0 Å². The Balaban J connectivity index is 1.62. The lowest BCUT2D eigenvalue weighted by Crippen LogP contribution is -2.37. The molecule has 158 valence electrons. The summed E-state index contributed by atoms with van der Waals surface area (Å²) in [5, 5.41) is 0.366. The van der Waals surface area contributed by atoms with Gasteiger partial charge in [-0.2, -0.15) is 4.99 Å². The van der Waals surface area contributed by atoms with Crippen LogP contribution in [0.3, 0.4) is 0 Å². The van der Waals surface area contributed by atoms with Gasteiger partial charge in [0.25, 0.3) is 5.91 Å². The highest BCUT2D eigenvalue weighted by Crippen LogP contribution is 2.41. The normalized spacial score (nSPS) is 23.6. The number of thioether (sulfide) groups is 1. The molecule has 4 rings (SSSR count). The Morgan fingerprint density at radius 2 is 1.80 bits per heavy atom. The minimum absolute atomic E-state index is 0.0469. The zero-order valence-corrected chi connectivity index (χ0v) is 18.3. The predicted molar refractivity (Wildman–Crippen MR) is 120 cm³/mol. The number of amidine groups is 1. The molecule has 6 nitrogen and oxygen atoms in total. The molecule has 2 aliphatic rings. The van der Waals surface area contributed by atoms with Crippen LogP contribution < -0.4 is 9.80 Å². The summed E-state index contributed by atoms with van der Waals surface area (Å²) < 4.78 is 37.4. The number of aliphatic imine (C=N–C) groups is 1. The van der Waals surface area contributed by atoms with E-state index in [0.717, 1.165) is 11.4 Å². The van der Waals surface area contributed by atoms with Crippen molar-refractivity contribution in [2.75, 3.05) is 35.4 Å². The minimum Gasteiger partial charge on any atom is -0.378 e. The lowest BCUT2D eigenvalue weighted by Gasteiger charge is -2.25. The molecule has 2 heterocycles. The molecular formula is C21H22FN3O3S2. The molecule has 2 aromatic carbocycles. The van der Waals surface area contributed by atoms with E-state index in [1.807, 2.05) is 48.2 Å². The average Bonchev–Trinajstić information content (AvgIpc) is 3.14. The lowest BCUT2D eigenvalue weighted by atomic mass is 10.1. The van der Waals surface area contributed by atoms with Gasteiger partial charge < -0.3 is 9.80 Å². The molecule has 0 aliphatic carbocycles. The monoisotopic (exact) mass is 447 g/mol. The molecule has 0 bridgehead atoms. The highest BCUT2D eigenvalue weighted by molar-refractivity contribution is 8.16. The molecule has 2 atom stereocenters. The Kier molecular flexibility index (Phi) is 5.59. The molecule has 0 N–H and O–H groups in total. The third-order valence-electron chi connectivity index (χ3n) is 5.20. The Hall–Kier alpha value is -2.39. The smallest absolute Gasteiger partial charge is 0.252 e. The Bertz CT molecular complexity index is 1080. The number of fused-ring (bicyclic) bond motifs is 1. The quantitative estimate of drug-likeness (QED) is 0.718. The van der Waals surface area contributed by atoms with Gasteiger partial charge in [-0.25, -0.2) is 12.8 Å². The van der Waals surface area contributed by atoms with E-state index in [-0.39, 0.29) is 40.9 Å². The third-order valence-corrected chi connectivity index (χ3v) is 8.41. The van der Waals surface area contributed by atoms with Gasteiger partial charge in [-0.3, -0.25) is 4.79 Å². The summed E-state index contributed by atoms with van der Waals surface area (Å²) in [4.78, 5) is 20.7. The maximum absolute atomic E-state index is 13.1. The minimum atomic E-state index is -3.12. The summed E-state index contributed by atoms with van der Waals surface area (Å²) in [6.45, 7) is 0. The zero-order valence-electron chi connectivity index (χ0n) is 16.7. The number of hydrogen-bond acceptors (Lipinski definition) is 5. The topological polar surface area (TPSA) is 70.0 Å². The van der Waals surface area contributed by atoms with Crippen LogP contribution in [0.5, 0.6) is 0 Å². The van der Waals surface area contributed by atoms with Crippen molar-refractivity contribution in [1.29, 1.82) is 0 Å². The van der Waals surface area contributed by atoms with E-state index in [1.165, 1.54) is 23.9 Å². The maximum Gasteiger partial charge on any atom is 0.252 e. The van der Waals surface area contributed by atoms with Crippen molar-refractivity contribution in [3.63, 3.8) is 0 Å². The van der Waals surface area contributed by atoms with Crippen molar-refractivity contribution in [1.82, 2.24) is 0 Å². The van der Waals surface area contributed by atoms with Gasteiger partial charge >= 0.3 is 0 Å². The van der Waals surface area contributed by atoms with Gasteiger partial charge in [0.15, 0.2) is 15.0 Å². The van der Waals surface area contributed by atoms with Gasteiger partial charge in [0, 0.05) is 30.7 Å². The second-order valence-electron chi connectivity index (χ2n) is 7.67. The first kappa shape index (κ1) is 20.9. The number of sulfone groups is 1. The van der Waals surface area contributed by atoms with Crippen molar-refractivity contribution >= 4 is 44.0 Å². The van der Waals surface area contributed by atoms with Crippen LogP contribution in [0.25, 0.3) is 0 Å². The molecule has 30 heavy (non-hydrogen) atoms. The number of halogens is 1. The summed E-state index contributed by atoms with van der Waals surface area (Å²) in [5.74, 6) is -0.572. The van der Waals surface area contributed by atoms with Crippen molar-refractivity contribution in [2.45, 2.75) is 17.7 Å². The van der Waals surface area contributed by atoms with E-state index in [0.29, 0.717) is 10.7 Å². The van der Waals surface area contributed by atoms with Gasteiger partial charge in [0.05, 0.1) is 24.0 Å². The van der Waals surface area contributed by atoms with Gasteiger partial charge in [0.1, 0.15) is 5.82 Å². The number of nitrogens with zero attached hydrogens (tertiary/aromatic N) is 3. The molecular weight excluding hydrogens is 425 g/mol. The SMILES string of the molecule is CN(C)c1ccc(N2C(=NC(=O)Cc3ccc(F)cc3)S[C@@H]3CS(=O)(=O)C[C@H]32)cc1. The van der Waals surface area contributed by atoms with Crippen LogP contribution >= 0.6 is 11.8 Å². The third kappa shape index (κ3) is 4.37. The highest BCUT2D eigenvalue weighted by atomic mass is 32.2. The molecule has 2 aliphatic heterocycles. The van der Waals surface area contributed by atoms with Gasteiger partial charge in [-0.05, 0) is 42.0 Å². The summed E-state index contributed by atoms with van der Waals surface area (Å²) >= 11 is 1.34. The van der Waals surface area contributed by atoms with Crippen molar-refractivity contribution in [3.05, 3.63) is 59.9 Å². The van der Waals surface area contributed by atoms with Crippen LogP contribution in [0.2, 0.25) is 0 Å². The fourth-order valence-electron chi connectivity index (χ4n) is 3.70. The van der Waals surface area contributed by atoms with Crippen LogP contribution in [0.4, 0.5) is 15.8 Å². The summed E-state index contributed by atoms with van der Waals surface area (Å²) in [6.07, 6.45) is 0.0609. The molecule has 2 saturated heterocycles. The number of rotatable bonds is 4. The van der Waals surface area contributed by atoms with Gasteiger partial charge in [-0.15, -0.1) is 0 Å². The number of benzene rings is 2. The summed E-state index contributed by atoms with van der Waals surface area (Å²) in [7, 11) is 0.773. The zero-order chi connectivity index (χ0) is 21.5. The van der Waals surface area contributed by atoms with Crippen LogP contribution in [-0.2, 0) is 21.1 Å². The predicted octanol–water partition coefficient (Wildman–Crippen LogP) is 2.74. The van der Waals surface area contributed by atoms with Crippen LogP contribution in [0.15, 0.2) is 53.5 Å². The summed E-state index contributed by atoms with van der Waals surface area (Å²) in [6, 6.07) is 13.3. The Morgan fingerprint density at radius 3 is 2.43 bits per heavy atom. The first-order chi connectivity index (χ1) is 14.2. The largest absolute Gasteiger partial charge is 0.378 e. The Labute approximate surface area is 179 Å². The van der Waals surface area contributed by atoms with Crippen LogP contribution in [0.1, 0.15) is 5.56 Å². The number of carbonyl (C=O) groups is 1. The van der Waals surface area contributed by atoms with Crippen molar-refractivity contribution < 1.29 is 17.6 Å². The van der Waals surface area contributed by atoms with E-state index in [9.17, 15) is 17.6 Å². The lowest BCUT2D eigenvalue weighted by molar-refractivity contribution is -0.117. The van der Waals surface area contributed by atoms with E-state index < -0.39 is 9.84 Å². The molecule has 0 radical (unpaired) electrons. The standard InChI is InChI=1S/C21H22FN3O3S2/c1-24(2)16-7-9-17(10-8-16)25-18-12-30(27,28)13-19(18)29-21(25)23-20(26)11-14-3-5-15(22)6-4-14/h3-10,18-19H,11-13H2,1-2H3/t18-,19-/m1/s1.